The van der Waals surface area contributed by atoms with Crippen LogP contribution in [0.4, 0.5) is 0 Å². The van der Waals surface area contributed by atoms with E-state index in [0.29, 0.717) is 4.99 Å². The van der Waals surface area contributed by atoms with Crippen molar-refractivity contribution in [1.82, 2.24) is 9.80 Å². The molecule has 0 aromatic carbocycles. The molecule has 0 bridgehead atoms. The summed E-state index contributed by atoms with van der Waals surface area (Å²) in [5.74, 6) is 0. The maximum atomic E-state index is 5.44. The van der Waals surface area contributed by atoms with Crippen LogP contribution in [0.2, 0.25) is 0 Å². The van der Waals surface area contributed by atoms with Crippen LogP contribution in [0.15, 0.2) is 0 Å². The van der Waals surface area contributed by atoms with Crippen LogP contribution in [-0.2, 0) is 0 Å². The van der Waals surface area contributed by atoms with Gasteiger partial charge in [0.05, 0.1) is 4.99 Å². The molecule has 0 radical (unpaired) electrons. The van der Waals surface area contributed by atoms with E-state index < -0.39 is 0 Å². The monoisotopic (exact) mass is 217 g/mol. The van der Waals surface area contributed by atoms with Crippen LogP contribution in [0.5, 0.6) is 0 Å². The van der Waals surface area contributed by atoms with Crippen molar-refractivity contribution in [3.8, 4) is 0 Å². The van der Waals surface area contributed by atoms with E-state index in [2.05, 4.69) is 30.7 Å². The molecule has 0 fully saturated rings. The van der Waals surface area contributed by atoms with Crippen LogP contribution in [0, 0.1) is 0 Å². The molecule has 0 rings (SSSR count). The number of hydrogen-bond donors (Lipinski definition) is 1. The molecular weight excluding hydrogens is 194 g/mol. The average Bonchev–Trinajstić information content (AvgIpc) is 2.16. The Bertz CT molecular complexity index is 157. The van der Waals surface area contributed by atoms with Gasteiger partial charge in [0.1, 0.15) is 0 Å². The number of nitrogens with zero attached hydrogens (tertiary/aromatic N) is 2. The summed E-state index contributed by atoms with van der Waals surface area (Å²) in [6, 6.07) is 0. The van der Waals surface area contributed by atoms with Gasteiger partial charge in [0, 0.05) is 26.1 Å². The second-order valence-electron chi connectivity index (χ2n) is 3.55. The van der Waals surface area contributed by atoms with E-state index in [9.17, 15) is 0 Å². The molecular formula is C10H23N3S. The van der Waals surface area contributed by atoms with Crippen molar-refractivity contribution in [2.75, 3.05) is 39.8 Å². The van der Waals surface area contributed by atoms with Gasteiger partial charge < -0.3 is 15.5 Å². The number of rotatable bonds is 8. The van der Waals surface area contributed by atoms with Crippen LogP contribution in [0.3, 0.4) is 0 Å². The highest BCUT2D eigenvalue weighted by Gasteiger charge is 2.02. The van der Waals surface area contributed by atoms with Gasteiger partial charge in [-0.15, -0.1) is 0 Å². The quantitative estimate of drug-likeness (QED) is 0.613. The fraction of sp³-hybridized carbons (Fsp3) is 0.900. The van der Waals surface area contributed by atoms with Gasteiger partial charge in [0.2, 0.25) is 0 Å². The third kappa shape index (κ3) is 7.24. The fourth-order valence-corrected chi connectivity index (χ4v) is 1.36. The second kappa shape index (κ2) is 8.15. The van der Waals surface area contributed by atoms with Crippen LogP contribution >= 0.6 is 12.2 Å². The maximum absolute atomic E-state index is 5.44. The first-order valence-electron chi connectivity index (χ1n) is 5.29. The molecule has 0 aromatic rings. The van der Waals surface area contributed by atoms with Gasteiger partial charge in [0.15, 0.2) is 0 Å². The largest absolute Gasteiger partial charge is 0.393 e. The van der Waals surface area contributed by atoms with Gasteiger partial charge >= 0.3 is 0 Å². The third-order valence-electron chi connectivity index (χ3n) is 2.43. The molecule has 2 N–H and O–H groups in total. The Morgan fingerprint density at radius 1 is 1.14 bits per heavy atom. The summed E-state index contributed by atoms with van der Waals surface area (Å²) in [4.78, 5) is 5.30. The molecule has 0 saturated carbocycles. The minimum Gasteiger partial charge on any atom is -0.393 e. The smallest absolute Gasteiger partial charge is 0.0740 e. The molecule has 0 spiro atoms. The van der Waals surface area contributed by atoms with Crippen molar-refractivity contribution in [1.29, 1.82) is 0 Å². The summed E-state index contributed by atoms with van der Waals surface area (Å²) < 4.78 is 0. The minimum atomic E-state index is 0.611. The molecule has 14 heavy (non-hydrogen) atoms. The van der Waals surface area contributed by atoms with Gasteiger partial charge in [0.25, 0.3) is 0 Å². The Morgan fingerprint density at radius 3 is 2.14 bits per heavy atom. The van der Waals surface area contributed by atoms with Crippen LogP contribution < -0.4 is 5.73 Å². The van der Waals surface area contributed by atoms with Crippen molar-refractivity contribution < 1.29 is 0 Å². The molecule has 84 valence electrons. The molecule has 0 aliphatic heterocycles. The summed E-state index contributed by atoms with van der Waals surface area (Å²) in [6.07, 6.45) is 0.823. The summed E-state index contributed by atoms with van der Waals surface area (Å²) in [7, 11) is 2.11. The van der Waals surface area contributed by atoms with E-state index in [0.717, 1.165) is 39.1 Å². The van der Waals surface area contributed by atoms with Gasteiger partial charge in [-0.3, -0.25) is 0 Å². The lowest BCUT2D eigenvalue weighted by molar-refractivity contribution is 0.244. The number of nitrogens with two attached hydrogens (primary N) is 1. The first kappa shape index (κ1) is 13.8. The highest BCUT2D eigenvalue weighted by Crippen LogP contribution is 1.91. The van der Waals surface area contributed by atoms with Crippen molar-refractivity contribution in [3.05, 3.63) is 0 Å². The lowest BCUT2D eigenvalue weighted by Gasteiger charge is -2.22. The van der Waals surface area contributed by atoms with Gasteiger partial charge in [-0.25, -0.2) is 0 Å². The first-order valence-corrected chi connectivity index (χ1v) is 5.70. The number of thiocarbonyl (C=S) groups is 1. The van der Waals surface area contributed by atoms with E-state index in [1.54, 1.807) is 0 Å². The molecule has 0 saturated heterocycles. The van der Waals surface area contributed by atoms with Crippen LogP contribution in [0.25, 0.3) is 0 Å². The summed E-state index contributed by atoms with van der Waals surface area (Å²) in [5.41, 5.74) is 5.44. The lowest BCUT2D eigenvalue weighted by Crippen LogP contribution is -2.34. The highest BCUT2D eigenvalue weighted by atomic mass is 32.1. The summed E-state index contributed by atoms with van der Waals surface area (Å²) in [5, 5.41) is 0. The fourth-order valence-electron chi connectivity index (χ4n) is 1.26. The van der Waals surface area contributed by atoms with E-state index in [1.165, 1.54) is 0 Å². The molecule has 0 aromatic heterocycles. The zero-order valence-electron chi connectivity index (χ0n) is 9.62. The zero-order valence-corrected chi connectivity index (χ0v) is 10.4. The molecule has 0 unspecified atom stereocenters. The Kier molecular flexibility index (Phi) is 8.04. The molecule has 4 heteroatoms. The Hall–Kier alpha value is -0.190. The Labute approximate surface area is 93.2 Å². The standard InChI is InChI=1S/C10H23N3S/c1-4-13(5-2)9-8-12(3)7-6-10(11)14/h4-9H2,1-3H3,(H2,11,14). The van der Waals surface area contributed by atoms with E-state index in [1.807, 2.05) is 0 Å². The minimum absolute atomic E-state index is 0.611. The number of hydrogen-bond acceptors (Lipinski definition) is 3. The third-order valence-corrected chi connectivity index (χ3v) is 2.64. The zero-order chi connectivity index (χ0) is 11.0. The normalized spacial score (nSPS) is 11.2. The summed E-state index contributed by atoms with van der Waals surface area (Å²) >= 11 is 4.84. The lowest BCUT2D eigenvalue weighted by atomic mass is 10.4. The number of likely N-dealkylation sites (N-methyl/N-ethyl adjacent to an activating group) is 2. The summed E-state index contributed by atoms with van der Waals surface area (Å²) in [6.45, 7) is 9.82. The Balaban J connectivity index is 3.51. The molecule has 0 amide bonds. The van der Waals surface area contributed by atoms with Crippen molar-refractivity contribution in [3.63, 3.8) is 0 Å². The van der Waals surface area contributed by atoms with Gasteiger partial charge in [-0.2, -0.15) is 0 Å². The maximum Gasteiger partial charge on any atom is 0.0740 e. The van der Waals surface area contributed by atoms with Crippen LogP contribution in [0.1, 0.15) is 20.3 Å². The SMILES string of the molecule is CCN(CC)CCN(C)CCC(N)=S. The molecule has 3 nitrogen and oxygen atoms in total. The van der Waals surface area contributed by atoms with E-state index in [4.69, 9.17) is 18.0 Å². The van der Waals surface area contributed by atoms with Crippen LogP contribution in [-0.4, -0.2) is 54.6 Å². The molecule has 0 aliphatic carbocycles. The van der Waals surface area contributed by atoms with Gasteiger partial charge in [-0.1, -0.05) is 26.1 Å². The van der Waals surface area contributed by atoms with E-state index >= 15 is 0 Å². The molecule has 0 atom stereocenters. The topological polar surface area (TPSA) is 32.5 Å². The van der Waals surface area contributed by atoms with Crippen molar-refractivity contribution >= 4 is 17.2 Å². The molecule has 0 heterocycles. The average molecular weight is 217 g/mol. The van der Waals surface area contributed by atoms with Crippen molar-refractivity contribution in [2.45, 2.75) is 20.3 Å². The Morgan fingerprint density at radius 2 is 1.71 bits per heavy atom. The van der Waals surface area contributed by atoms with Gasteiger partial charge in [-0.05, 0) is 20.1 Å². The first-order chi connectivity index (χ1) is 6.60. The predicted molar refractivity (Wildman–Crippen MR) is 66.7 cm³/mol. The second-order valence-corrected chi connectivity index (χ2v) is 4.07. The predicted octanol–water partition coefficient (Wildman–Crippen LogP) is 0.936. The molecule has 0 aliphatic rings. The van der Waals surface area contributed by atoms with E-state index in [-0.39, 0.29) is 0 Å². The van der Waals surface area contributed by atoms with Crippen molar-refractivity contribution in [2.24, 2.45) is 5.73 Å². The highest BCUT2D eigenvalue weighted by molar-refractivity contribution is 7.80.